The Labute approximate surface area is 147 Å². The van der Waals surface area contributed by atoms with E-state index in [1.54, 1.807) is 10.9 Å². The number of nitrogens with zero attached hydrogens (tertiary/aromatic N) is 5. The Balaban J connectivity index is 1.43. The van der Waals surface area contributed by atoms with E-state index < -0.39 is 6.10 Å². The van der Waals surface area contributed by atoms with Gasteiger partial charge in [0.2, 0.25) is 0 Å². The van der Waals surface area contributed by atoms with Crippen molar-refractivity contribution in [2.45, 2.75) is 25.6 Å². The molecule has 1 aliphatic rings. The van der Waals surface area contributed by atoms with Gasteiger partial charge in [-0.25, -0.2) is 0 Å². The van der Waals surface area contributed by atoms with Crippen LogP contribution in [-0.2, 0) is 26.6 Å². The van der Waals surface area contributed by atoms with Gasteiger partial charge >= 0.3 is 0 Å². The maximum Gasteiger partial charge on any atom is 0.139 e. The predicted octanol–water partition coefficient (Wildman–Crippen LogP) is 1.76. The second-order valence-corrected chi connectivity index (χ2v) is 6.58. The van der Waals surface area contributed by atoms with Gasteiger partial charge in [0.15, 0.2) is 0 Å². The first-order valence-corrected chi connectivity index (χ1v) is 8.69. The standard InChI is InChI=1S/C19H23N5O/c1-22-18(7-9-20-22)19(25)17-13-16-14-23(11-12-24(16)21-17)10-8-15-5-3-2-4-6-15/h2-7,9,13,19,25H,8,10-12,14H2,1H3/t19-/m0/s1. The molecule has 130 valence electrons. The third-order valence-electron chi connectivity index (χ3n) is 4.87. The average Bonchev–Trinajstić information content (AvgIpc) is 3.26. The van der Waals surface area contributed by atoms with Crippen LogP contribution < -0.4 is 0 Å². The predicted molar refractivity (Wildman–Crippen MR) is 94.9 cm³/mol. The molecule has 0 bridgehead atoms. The highest BCUT2D eigenvalue weighted by atomic mass is 16.3. The lowest BCUT2D eigenvalue weighted by Crippen LogP contribution is -2.35. The molecule has 0 saturated heterocycles. The van der Waals surface area contributed by atoms with Crippen molar-refractivity contribution in [3.63, 3.8) is 0 Å². The van der Waals surface area contributed by atoms with Gasteiger partial charge in [-0.05, 0) is 24.1 Å². The second-order valence-electron chi connectivity index (χ2n) is 6.58. The van der Waals surface area contributed by atoms with Gasteiger partial charge in [0, 0.05) is 32.9 Å². The molecule has 1 N–H and O–H groups in total. The van der Waals surface area contributed by atoms with Gasteiger partial charge in [0.1, 0.15) is 6.10 Å². The Morgan fingerprint density at radius 1 is 1.16 bits per heavy atom. The van der Waals surface area contributed by atoms with Gasteiger partial charge in [-0.2, -0.15) is 10.2 Å². The third kappa shape index (κ3) is 3.36. The number of aliphatic hydroxyl groups excluding tert-OH is 1. The lowest BCUT2D eigenvalue weighted by Gasteiger charge is -2.27. The summed E-state index contributed by atoms with van der Waals surface area (Å²) in [5.74, 6) is 0. The first kappa shape index (κ1) is 16.1. The minimum atomic E-state index is -0.733. The Morgan fingerprint density at radius 3 is 2.76 bits per heavy atom. The van der Waals surface area contributed by atoms with Crippen LogP contribution >= 0.6 is 0 Å². The summed E-state index contributed by atoms with van der Waals surface area (Å²) in [6.45, 7) is 3.76. The highest BCUT2D eigenvalue weighted by molar-refractivity contribution is 5.22. The normalized spacial score (nSPS) is 15.9. The molecule has 1 aromatic carbocycles. The lowest BCUT2D eigenvalue weighted by molar-refractivity contribution is 0.199. The largest absolute Gasteiger partial charge is 0.380 e. The van der Waals surface area contributed by atoms with Crippen molar-refractivity contribution in [3.05, 3.63) is 71.3 Å². The number of aliphatic hydroxyl groups is 1. The van der Waals surface area contributed by atoms with E-state index in [0.29, 0.717) is 5.69 Å². The minimum absolute atomic E-state index is 0.698. The molecule has 0 saturated carbocycles. The molecule has 6 heteroatoms. The van der Waals surface area contributed by atoms with Crippen LogP contribution in [0.3, 0.4) is 0 Å². The fraction of sp³-hybridized carbons (Fsp3) is 0.368. The van der Waals surface area contributed by atoms with Crippen molar-refractivity contribution in [3.8, 4) is 0 Å². The van der Waals surface area contributed by atoms with Crippen LogP contribution in [0.4, 0.5) is 0 Å². The van der Waals surface area contributed by atoms with Crippen LogP contribution in [0.1, 0.15) is 28.7 Å². The second kappa shape index (κ2) is 6.82. The van der Waals surface area contributed by atoms with Crippen LogP contribution in [0.2, 0.25) is 0 Å². The molecule has 25 heavy (non-hydrogen) atoms. The molecule has 2 aromatic heterocycles. The SMILES string of the molecule is Cn1nccc1[C@@H](O)c1cc2n(n1)CCN(CCc1ccccc1)C2. The van der Waals surface area contributed by atoms with E-state index >= 15 is 0 Å². The molecular weight excluding hydrogens is 314 g/mol. The Morgan fingerprint density at radius 2 is 2.00 bits per heavy atom. The molecule has 0 amide bonds. The molecule has 0 radical (unpaired) electrons. The van der Waals surface area contributed by atoms with E-state index in [0.717, 1.165) is 44.0 Å². The van der Waals surface area contributed by atoms with Gasteiger partial charge in [-0.15, -0.1) is 0 Å². The fourth-order valence-corrected chi connectivity index (χ4v) is 3.40. The first-order valence-electron chi connectivity index (χ1n) is 8.69. The summed E-state index contributed by atoms with van der Waals surface area (Å²) < 4.78 is 3.71. The molecule has 0 spiro atoms. The van der Waals surface area contributed by atoms with E-state index in [9.17, 15) is 5.11 Å². The van der Waals surface area contributed by atoms with Crippen LogP contribution in [0, 0.1) is 0 Å². The summed E-state index contributed by atoms with van der Waals surface area (Å²) >= 11 is 0. The quantitative estimate of drug-likeness (QED) is 0.771. The maximum atomic E-state index is 10.6. The Bertz CT molecular complexity index is 839. The van der Waals surface area contributed by atoms with E-state index in [4.69, 9.17) is 0 Å². The zero-order valence-electron chi connectivity index (χ0n) is 14.4. The van der Waals surface area contributed by atoms with Crippen LogP contribution in [0.25, 0.3) is 0 Å². The highest BCUT2D eigenvalue weighted by Gasteiger charge is 2.23. The van der Waals surface area contributed by atoms with Gasteiger partial charge in [0.05, 0.1) is 23.6 Å². The summed E-state index contributed by atoms with van der Waals surface area (Å²) in [5, 5.41) is 19.3. The smallest absolute Gasteiger partial charge is 0.139 e. The van der Waals surface area contributed by atoms with Crippen LogP contribution in [0.5, 0.6) is 0 Å². The minimum Gasteiger partial charge on any atom is -0.380 e. The topological polar surface area (TPSA) is 59.1 Å². The number of hydrogen-bond donors (Lipinski definition) is 1. The molecule has 4 rings (SSSR count). The molecular formula is C19H23N5O. The van der Waals surface area contributed by atoms with Gasteiger partial charge < -0.3 is 5.11 Å². The van der Waals surface area contributed by atoms with Crippen LogP contribution in [0.15, 0.2) is 48.7 Å². The Kier molecular flexibility index (Phi) is 4.38. The molecule has 0 unspecified atom stereocenters. The molecule has 6 nitrogen and oxygen atoms in total. The number of aryl methyl sites for hydroxylation is 1. The zero-order valence-corrected chi connectivity index (χ0v) is 14.4. The average molecular weight is 337 g/mol. The fourth-order valence-electron chi connectivity index (χ4n) is 3.40. The Hall–Kier alpha value is -2.44. The zero-order chi connectivity index (χ0) is 17.2. The maximum absolute atomic E-state index is 10.6. The number of rotatable bonds is 5. The summed E-state index contributed by atoms with van der Waals surface area (Å²) in [5.41, 5.74) is 3.99. The van der Waals surface area contributed by atoms with E-state index in [2.05, 4.69) is 45.4 Å². The van der Waals surface area contributed by atoms with Crippen molar-refractivity contribution in [1.29, 1.82) is 0 Å². The van der Waals surface area contributed by atoms with Crippen molar-refractivity contribution >= 4 is 0 Å². The molecule has 0 fully saturated rings. The summed E-state index contributed by atoms with van der Waals surface area (Å²) in [7, 11) is 1.83. The summed E-state index contributed by atoms with van der Waals surface area (Å²) in [6, 6.07) is 14.4. The van der Waals surface area contributed by atoms with Crippen molar-refractivity contribution in [1.82, 2.24) is 24.5 Å². The number of fused-ring (bicyclic) bond motifs is 1. The van der Waals surface area contributed by atoms with E-state index in [-0.39, 0.29) is 0 Å². The lowest BCUT2D eigenvalue weighted by atomic mass is 10.1. The van der Waals surface area contributed by atoms with E-state index in [1.807, 2.05) is 23.9 Å². The first-order chi connectivity index (χ1) is 12.2. The van der Waals surface area contributed by atoms with Crippen molar-refractivity contribution < 1.29 is 5.11 Å². The molecule has 1 aliphatic heterocycles. The summed E-state index contributed by atoms with van der Waals surface area (Å²) in [6.07, 6.45) is 2.02. The summed E-state index contributed by atoms with van der Waals surface area (Å²) in [4.78, 5) is 2.45. The molecule has 0 aliphatic carbocycles. The number of aromatic nitrogens is 4. The monoisotopic (exact) mass is 337 g/mol. The van der Waals surface area contributed by atoms with Gasteiger partial charge in [-0.1, -0.05) is 30.3 Å². The number of benzene rings is 1. The third-order valence-corrected chi connectivity index (χ3v) is 4.87. The van der Waals surface area contributed by atoms with Crippen molar-refractivity contribution in [2.24, 2.45) is 7.05 Å². The highest BCUT2D eigenvalue weighted by Crippen LogP contribution is 2.23. The van der Waals surface area contributed by atoms with Gasteiger partial charge in [-0.3, -0.25) is 14.3 Å². The number of hydrogen-bond acceptors (Lipinski definition) is 4. The molecule has 1 atom stereocenters. The van der Waals surface area contributed by atoms with Crippen molar-refractivity contribution in [2.75, 3.05) is 13.1 Å². The molecule has 3 aromatic rings. The molecule has 3 heterocycles. The van der Waals surface area contributed by atoms with Crippen LogP contribution in [-0.4, -0.2) is 42.7 Å². The van der Waals surface area contributed by atoms with E-state index in [1.165, 1.54) is 5.56 Å². The van der Waals surface area contributed by atoms with Gasteiger partial charge in [0.25, 0.3) is 0 Å².